The fourth-order valence-electron chi connectivity index (χ4n) is 1.40. The zero-order valence-electron chi connectivity index (χ0n) is 8.52. The SMILES string of the molecule is O=Cc1cc(Br)ccc1OC1=C[CH]CC=C1. The normalized spacial score (nSPS) is 14.4. The maximum atomic E-state index is 10.9. The van der Waals surface area contributed by atoms with E-state index in [1.807, 2.05) is 30.7 Å². The van der Waals surface area contributed by atoms with Gasteiger partial charge in [0.15, 0.2) is 6.29 Å². The Labute approximate surface area is 103 Å². The van der Waals surface area contributed by atoms with Crippen LogP contribution in [0.15, 0.2) is 46.7 Å². The second-order valence-electron chi connectivity index (χ2n) is 3.34. The van der Waals surface area contributed by atoms with Gasteiger partial charge in [0.05, 0.1) is 5.56 Å². The van der Waals surface area contributed by atoms with Crippen molar-refractivity contribution in [2.75, 3.05) is 0 Å². The monoisotopic (exact) mass is 277 g/mol. The van der Waals surface area contributed by atoms with Gasteiger partial charge in [-0.2, -0.15) is 0 Å². The summed E-state index contributed by atoms with van der Waals surface area (Å²) >= 11 is 3.31. The number of halogens is 1. The molecule has 0 heterocycles. The van der Waals surface area contributed by atoms with E-state index in [0.29, 0.717) is 11.3 Å². The van der Waals surface area contributed by atoms with Crippen molar-refractivity contribution in [1.82, 2.24) is 0 Å². The standard InChI is InChI=1S/C13H10BrO2/c14-11-6-7-13(10(8-11)9-15)16-12-4-2-1-3-5-12/h2-9H,1H2. The van der Waals surface area contributed by atoms with Crippen LogP contribution in [0, 0.1) is 6.42 Å². The molecule has 0 spiro atoms. The lowest BCUT2D eigenvalue weighted by molar-refractivity contribution is 0.112. The highest BCUT2D eigenvalue weighted by Gasteiger charge is 2.06. The Morgan fingerprint density at radius 1 is 1.38 bits per heavy atom. The van der Waals surface area contributed by atoms with Crippen molar-refractivity contribution in [2.24, 2.45) is 0 Å². The molecule has 1 aromatic carbocycles. The molecule has 0 aliphatic heterocycles. The summed E-state index contributed by atoms with van der Waals surface area (Å²) in [6.07, 6.45) is 9.53. The molecule has 0 N–H and O–H groups in total. The van der Waals surface area contributed by atoms with Crippen molar-refractivity contribution in [3.05, 3.63) is 58.6 Å². The number of hydrogen-bond acceptors (Lipinski definition) is 2. The predicted octanol–water partition coefficient (Wildman–Crippen LogP) is 3.69. The van der Waals surface area contributed by atoms with Crippen molar-refractivity contribution in [1.29, 1.82) is 0 Å². The average molecular weight is 278 g/mol. The van der Waals surface area contributed by atoms with Crippen molar-refractivity contribution in [3.63, 3.8) is 0 Å². The second-order valence-corrected chi connectivity index (χ2v) is 4.26. The third-order valence-corrected chi connectivity index (χ3v) is 2.66. The lowest BCUT2D eigenvalue weighted by atomic mass is 10.1. The van der Waals surface area contributed by atoms with Crippen molar-refractivity contribution < 1.29 is 9.53 Å². The summed E-state index contributed by atoms with van der Waals surface area (Å²) in [6, 6.07) is 5.36. The van der Waals surface area contributed by atoms with Crippen LogP contribution in [0.4, 0.5) is 0 Å². The van der Waals surface area contributed by atoms with Gasteiger partial charge in [-0.15, -0.1) is 0 Å². The van der Waals surface area contributed by atoms with Gasteiger partial charge in [-0.1, -0.05) is 22.0 Å². The van der Waals surface area contributed by atoms with E-state index in [0.717, 1.165) is 22.9 Å². The van der Waals surface area contributed by atoms with E-state index in [1.165, 1.54) is 0 Å². The summed E-state index contributed by atoms with van der Waals surface area (Å²) < 4.78 is 6.49. The highest BCUT2D eigenvalue weighted by atomic mass is 79.9. The molecule has 0 saturated carbocycles. The van der Waals surface area contributed by atoms with Crippen LogP contribution in [0.25, 0.3) is 0 Å². The molecule has 1 aliphatic rings. The zero-order chi connectivity index (χ0) is 11.4. The second kappa shape index (κ2) is 5.12. The summed E-state index contributed by atoms with van der Waals surface area (Å²) in [7, 11) is 0. The Bertz CT molecular complexity index is 461. The molecular formula is C13H10BrO2. The zero-order valence-corrected chi connectivity index (χ0v) is 10.1. The van der Waals surface area contributed by atoms with Crippen molar-refractivity contribution in [3.8, 4) is 5.75 Å². The minimum atomic E-state index is 0.536. The number of hydrogen-bond donors (Lipinski definition) is 0. The Morgan fingerprint density at radius 3 is 2.94 bits per heavy atom. The van der Waals surface area contributed by atoms with E-state index >= 15 is 0 Å². The maximum absolute atomic E-state index is 10.9. The van der Waals surface area contributed by atoms with Gasteiger partial charge in [0.1, 0.15) is 11.5 Å². The van der Waals surface area contributed by atoms with Gasteiger partial charge in [-0.25, -0.2) is 0 Å². The molecule has 0 aromatic heterocycles. The summed E-state index contributed by atoms with van der Waals surface area (Å²) in [6.45, 7) is 0. The molecule has 0 saturated heterocycles. The predicted molar refractivity (Wildman–Crippen MR) is 66.3 cm³/mol. The highest BCUT2D eigenvalue weighted by Crippen LogP contribution is 2.24. The van der Waals surface area contributed by atoms with Gasteiger partial charge in [0.25, 0.3) is 0 Å². The van der Waals surface area contributed by atoms with Crippen LogP contribution in [0.1, 0.15) is 16.8 Å². The Kier molecular flexibility index (Phi) is 3.57. The van der Waals surface area contributed by atoms with Crippen molar-refractivity contribution in [2.45, 2.75) is 6.42 Å². The van der Waals surface area contributed by atoms with Crippen molar-refractivity contribution >= 4 is 22.2 Å². The molecule has 81 valence electrons. The molecule has 16 heavy (non-hydrogen) atoms. The van der Waals surface area contributed by atoms with Gasteiger partial charge in [0, 0.05) is 4.47 Å². The van der Waals surface area contributed by atoms with Crippen LogP contribution in [0.5, 0.6) is 5.75 Å². The van der Waals surface area contributed by atoms with E-state index < -0.39 is 0 Å². The molecule has 2 rings (SSSR count). The molecule has 0 bridgehead atoms. The quantitative estimate of drug-likeness (QED) is 0.788. The summed E-state index contributed by atoms with van der Waals surface area (Å²) in [5.74, 6) is 1.32. The molecule has 0 unspecified atom stereocenters. The number of carbonyl (C=O) groups is 1. The number of benzene rings is 1. The fraction of sp³-hybridized carbons (Fsp3) is 0.0769. The minimum absolute atomic E-state index is 0.536. The molecule has 1 radical (unpaired) electrons. The van der Waals surface area contributed by atoms with Crippen LogP contribution in [0.2, 0.25) is 0 Å². The Balaban J connectivity index is 2.23. The van der Waals surface area contributed by atoms with Crippen LogP contribution in [-0.2, 0) is 0 Å². The Morgan fingerprint density at radius 2 is 2.25 bits per heavy atom. The lowest BCUT2D eigenvalue weighted by Gasteiger charge is -2.11. The first kappa shape index (κ1) is 11.1. The van der Waals surface area contributed by atoms with Crippen LogP contribution in [0.3, 0.4) is 0 Å². The van der Waals surface area contributed by atoms with E-state index in [4.69, 9.17) is 4.74 Å². The number of allylic oxidation sites excluding steroid dienone is 3. The number of ether oxygens (including phenoxy) is 1. The largest absolute Gasteiger partial charge is 0.457 e. The smallest absolute Gasteiger partial charge is 0.153 e. The molecule has 0 fully saturated rings. The van der Waals surface area contributed by atoms with Gasteiger partial charge in [-0.3, -0.25) is 4.79 Å². The first-order valence-corrected chi connectivity index (χ1v) is 5.71. The average Bonchev–Trinajstić information content (AvgIpc) is 2.33. The lowest BCUT2D eigenvalue weighted by Crippen LogP contribution is -1.98. The summed E-state index contributed by atoms with van der Waals surface area (Å²) in [5, 5.41) is 0. The molecule has 0 amide bonds. The van der Waals surface area contributed by atoms with E-state index in [9.17, 15) is 4.79 Å². The molecule has 3 heteroatoms. The van der Waals surface area contributed by atoms with E-state index in [1.54, 1.807) is 12.1 Å². The van der Waals surface area contributed by atoms with E-state index in [2.05, 4.69) is 15.9 Å². The number of carbonyl (C=O) groups excluding carboxylic acids is 1. The summed E-state index contributed by atoms with van der Waals surface area (Å²) in [5.41, 5.74) is 0.536. The molecule has 1 aromatic rings. The van der Waals surface area contributed by atoms with Crippen LogP contribution >= 0.6 is 15.9 Å². The van der Waals surface area contributed by atoms with E-state index in [-0.39, 0.29) is 0 Å². The molecule has 0 atom stereocenters. The third-order valence-electron chi connectivity index (χ3n) is 2.16. The minimum Gasteiger partial charge on any atom is -0.457 e. The number of aldehydes is 1. The van der Waals surface area contributed by atoms with Gasteiger partial charge in [-0.05, 0) is 43.2 Å². The van der Waals surface area contributed by atoms with Crippen LogP contribution < -0.4 is 4.74 Å². The van der Waals surface area contributed by atoms with Crippen LogP contribution in [-0.4, -0.2) is 6.29 Å². The molecule has 1 aliphatic carbocycles. The third kappa shape index (κ3) is 2.61. The van der Waals surface area contributed by atoms with Gasteiger partial charge < -0.3 is 4.74 Å². The molecular weight excluding hydrogens is 268 g/mol. The maximum Gasteiger partial charge on any atom is 0.153 e. The fourth-order valence-corrected chi connectivity index (χ4v) is 1.78. The Hall–Kier alpha value is -1.35. The first-order chi connectivity index (χ1) is 7.79. The topological polar surface area (TPSA) is 26.3 Å². The van der Waals surface area contributed by atoms with Gasteiger partial charge in [0.2, 0.25) is 0 Å². The highest BCUT2D eigenvalue weighted by molar-refractivity contribution is 9.10. The number of rotatable bonds is 3. The molecule has 2 nitrogen and oxygen atoms in total. The van der Waals surface area contributed by atoms with Gasteiger partial charge >= 0.3 is 0 Å². The first-order valence-electron chi connectivity index (χ1n) is 4.92. The summed E-state index contributed by atoms with van der Waals surface area (Å²) in [4.78, 5) is 10.9.